The molecule has 1 aromatic carbocycles. The lowest BCUT2D eigenvalue weighted by molar-refractivity contribution is 0.116. The van der Waals surface area contributed by atoms with E-state index in [2.05, 4.69) is 17.4 Å². The summed E-state index contributed by atoms with van der Waals surface area (Å²) in [6.07, 6.45) is 0.214. The average molecular weight is 222 g/mol. The molecule has 0 amide bonds. The highest BCUT2D eigenvalue weighted by atomic mass is 16.5. The van der Waals surface area contributed by atoms with E-state index in [0.29, 0.717) is 0 Å². The predicted molar refractivity (Wildman–Crippen MR) is 67.3 cm³/mol. The molecule has 0 aliphatic heterocycles. The van der Waals surface area contributed by atoms with Gasteiger partial charge >= 0.3 is 0 Å². The second-order valence-corrected chi connectivity index (χ2v) is 4.46. The molecule has 0 aliphatic rings. The van der Waals surface area contributed by atoms with Gasteiger partial charge in [0.15, 0.2) is 0 Å². The first-order valence-electron chi connectivity index (χ1n) is 5.64. The van der Waals surface area contributed by atoms with Crippen molar-refractivity contribution in [1.29, 1.82) is 0 Å². The number of nitrogens with two attached hydrogens (primary N) is 1. The van der Waals surface area contributed by atoms with Crippen LogP contribution in [-0.4, -0.2) is 26.3 Å². The standard InChI is InChI=1S/C13H22N2O/c1-11(16-3)9-15-10-13(2,14)12-7-5-4-6-8-12/h4-8,11,15H,9-10,14H2,1-3H3. The van der Waals surface area contributed by atoms with E-state index in [0.717, 1.165) is 18.7 Å². The van der Waals surface area contributed by atoms with Gasteiger partial charge in [-0.25, -0.2) is 0 Å². The van der Waals surface area contributed by atoms with E-state index >= 15 is 0 Å². The van der Waals surface area contributed by atoms with Crippen molar-refractivity contribution in [2.24, 2.45) is 5.73 Å². The molecule has 16 heavy (non-hydrogen) atoms. The van der Waals surface area contributed by atoms with Crippen LogP contribution in [0, 0.1) is 0 Å². The Morgan fingerprint density at radius 3 is 2.56 bits per heavy atom. The van der Waals surface area contributed by atoms with Crippen LogP contribution in [-0.2, 0) is 10.3 Å². The fourth-order valence-corrected chi connectivity index (χ4v) is 1.54. The van der Waals surface area contributed by atoms with Gasteiger partial charge in [0.05, 0.1) is 11.6 Å². The molecule has 0 saturated heterocycles. The molecule has 1 rings (SSSR count). The highest BCUT2D eigenvalue weighted by molar-refractivity contribution is 5.23. The summed E-state index contributed by atoms with van der Waals surface area (Å²) in [6.45, 7) is 5.62. The maximum absolute atomic E-state index is 6.26. The highest BCUT2D eigenvalue weighted by Crippen LogP contribution is 2.15. The van der Waals surface area contributed by atoms with Crippen LogP contribution >= 0.6 is 0 Å². The monoisotopic (exact) mass is 222 g/mol. The summed E-state index contributed by atoms with van der Waals surface area (Å²) in [6, 6.07) is 10.1. The molecule has 0 aromatic heterocycles. The van der Waals surface area contributed by atoms with Crippen LogP contribution < -0.4 is 11.1 Å². The summed E-state index contributed by atoms with van der Waals surface area (Å²) in [7, 11) is 1.71. The molecule has 3 nitrogen and oxygen atoms in total. The first-order valence-corrected chi connectivity index (χ1v) is 5.64. The van der Waals surface area contributed by atoms with Crippen molar-refractivity contribution < 1.29 is 4.74 Å². The zero-order chi connectivity index (χ0) is 12.0. The first kappa shape index (κ1) is 13.2. The topological polar surface area (TPSA) is 47.3 Å². The fraction of sp³-hybridized carbons (Fsp3) is 0.538. The minimum Gasteiger partial charge on any atom is -0.380 e. The maximum Gasteiger partial charge on any atom is 0.0667 e. The van der Waals surface area contributed by atoms with Gasteiger partial charge in [-0.1, -0.05) is 30.3 Å². The van der Waals surface area contributed by atoms with Gasteiger partial charge in [0.2, 0.25) is 0 Å². The second kappa shape index (κ2) is 5.99. The summed E-state index contributed by atoms with van der Waals surface area (Å²) < 4.78 is 5.17. The zero-order valence-corrected chi connectivity index (χ0v) is 10.4. The predicted octanol–water partition coefficient (Wildman–Crippen LogP) is 1.48. The number of rotatable bonds is 6. The van der Waals surface area contributed by atoms with Crippen LogP contribution in [0.4, 0.5) is 0 Å². The quantitative estimate of drug-likeness (QED) is 0.766. The van der Waals surface area contributed by atoms with Gasteiger partial charge in [0, 0.05) is 20.2 Å². The number of benzene rings is 1. The number of ether oxygens (including phenoxy) is 1. The maximum atomic E-state index is 6.26. The van der Waals surface area contributed by atoms with Gasteiger partial charge in [-0.15, -0.1) is 0 Å². The van der Waals surface area contributed by atoms with Gasteiger partial charge < -0.3 is 15.8 Å². The molecule has 2 unspecified atom stereocenters. The van der Waals surface area contributed by atoms with E-state index in [1.165, 1.54) is 0 Å². The normalized spacial score (nSPS) is 16.8. The van der Waals surface area contributed by atoms with Crippen molar-refractivity contribution in [3.8, 4) is 0 Å². The summed E-state index contributed by atoms with van der Waals surface area (Å²) >= 11 is 0. The molecule has 3 heteroatoms. The number of hydrogen-bond donors (Lipinski definition) is 2. The lowest BCUT2D eigenvalue weighted by atomic mass is 9.93. The Morgan fingerprint density at radius 1 is 1.38 bits per heavy atom. The van der Waals surface area contributed by atoms with Crippen molar-refractivity contribution in [2.75, 3.05) is 20.2 Å². The average Bonchev–Trinajstić information content (AvgIpc) is 2.30. The molecule has 1 aromatic rings. The SMILES string of the molecule is COC(C)CNCC(C)(N)c1ccccc1. The Balaban J connectivity index is 2.46. The number of methoxy groups -OCH3 is 1. The molecule has 0 fully saturated rings. The van der Waals surface area contributed by atoms with Gasteiger partial charge in [0.1, 0.15) is 0 Å². The van der Waals surface area contributed by atoms with Crippen molar-refractivity contribution in [2.45, 2.75) is 25.5 Å². The van der Waals surface area contributed by atoms with Crippen molar-refractivity contribution in [3.05, 3.63) is 35.9 Å². The second-order valence-electron chi connectivity index (χ2n) is 4.46. The Labute approximate surface area is 98.0 Å². The molecule has 0 saturated carbocycles. The first-order chi connectivity index (χ1) is 7.56. The van der Waals surface area contributed by atoms with E-state index < -0.39 is 0 Å². The fourth-order valence-electron chi connectivity index (χ4n) is 1.54. The minimum atomic E-state index is -0.339. The molecule has 0 bridgehead atoms. The van der Waals surface area contributed by atoms with Crippen LogP contribution in [0.15, 0.2) is 30.3 Å². The largest absolute Gasteiger partial charge is 0.380 e. The Morgan fingerprint density at radius 2 is 2.00 bits per heavy atom. The van der Waals surface area contributed by atoms with Gasteiger partial charge in [0.25, 0.3) is 0 Å². The van der Waals surface area contributed by atoms with E-state index in [1.807, 2.05) is 32.0 Å². The lowest BCUT2D eigenvalue weighted by Gasteiger charge is -2.26. The minimum absolute atomic E-state index is 0.214. The summed E-state index contributed by atoms with van der Waals surface area (Å²) in [5, 5.41) is 3.32. The van der Waals surface area contributed by atoms with Gasteiger partial charge in [-0.3, -0.25) is 0 Å². The Kier molecular flexibility index (Phi) is 4.93. The van der Waals surface area contributed by atoms with Crippen LogP contribution in [0.2, 0.25) is 0 Å². The molecular formula is C13H22N2O. The summed E-state index contributed by atoms with van der Waals surface area (Å²) in [5.41, 5.74) is 7.07. The zero-order valence-electron chi connectivity index (χ0n) is 10.4. The van der Waals surface area contributed by atoms with Crippen LogP contribution in [0.1, 0.15) is 19.4 Å². The third-order valence-corrected chi connectivity index (χ3v) is 2.76. The lowest BCUT2D eigenvalue weighted by Crippen LogP contribution is -2.45. The summed E-state index contributed by atoms with van der Waals surface area (Å²) in [4.78, 5) is 0. The highest BCUT2D eigenvalue weighted by Gasteiger charge is 2.20. The van der Waals surface area contributed by atoms with E-state index in [-0.39, 0.29) is 11.6 Å². The molecule has 0 heterocycles. The molecule has 3 N–H and O–H groups in total. The van der Waals surface area contributed by atoms with Crippen LogP contribution in [0.25, 0.3) is 0 Å². The third-order valence-electron chi connectivity index (χ3n) is 2.76. The molecular weight excluding hydrogens is 200 g/mol. The molecule has 0 spiro atoms. The van der Waals surface area contributed by atoms with Gasteiger partial charge in [-0.05, 0) is 19.4 Å². The smallest absolute Gasteiger partial charge is 0.0667 e. The Hall–Kier alpha value is -0.900. The van der Waals surface area contributed by atoms with Crippen molar-refractivity contribution in [3.63, 3.8) is 0 Å². The van der Waals surface area contributed by atoms with Crippen molar-refractivity contribution >= 4 is 0 Å². The molecule has 90 valence electrons. The summed E-state index contributed by atoms with van der Waals surface area (Å²) in [5.74, 6) is 0. The van der Waals surface area contributed by atoms with Gasteiger partial charge in [-0.2, -0.15) is 0 Å². The van der Waals surface area contributed by atoms with E-state index in [9.17, 15) is 0 Å². The molecule has 0 radical (unpaired) electrons. The van der Waals surface area contributed by atoms with Crippen LogP contribution in [0.3, 0.4) is 0 Å². The molecule has 0 aliphatic carbocycles. The van der Waals surface area contributed by atoms with E-state index in [1.54, 1.807) is 7.11 Å². The van der Waals surface area contributed by atoms with Crippen molar-refractivity contribution in [1.82, 2.24) is 5.32 Å². The molecule has 2 atom stereocenters. The number of hydrogen-bond acceptors (Lipinski definition) is 3. The number of nitrogens with one attached hydrogen (secondary N) is 1. The third kappa shape index (κ3) is 3.93. The Bertz CT molecular complexity index is 298. The van der Waals surface area contributed by atoms with Crippen LogP contribution in [0.5, 0.6) is 0 Å². The van der Waals surface area contributed by atoms with E-state index in [4.69, 9.17) is 10.5 Å².